The minimum atomic E-state index is -0.440. The number of methoxy groups -OCH3 is 1. The summed E-state index contributed by atoms with van der Waals surface area (Å²) in [6.07, 6.45) is 7.65. The predicted octanol–water partition coefficient (Wildman–Crippen LogP) is 5.18. The lowest BCUT2D eigenvalue weighted by Crippen LogP contribution is -2.82. The third kappa shape index (κ3) is 3.40. The van der Waals surface area contributed by atoms with Crippen molar-refractivity contribution in [1.29, 1.82) is 0 Å². The molecule has 0 radical (unpaired) electrons. The van der Waals surface area contributed by atoms with E-state index in [0.717, 1.165) is 61.6 Å². The van der Waals surface area contributed by atoms with Gasteiger partial charge in [-0.15, -0.1) is 0 Å². The van der Waals surface area contributed by atoms with Crippen LogP contribution in [0.15, 0.2) is 36.4 Å². The molecule has 7 heteroatoms. The lowest BCUT2D eigenvalue weighted by molar-refractivity contribution is -0.312. The number of benzene rings is 2. The third-order valence-electron chi connectivity index (χ3n) is 12.1. The predicted molar refractivity (Wildman–Crippen MR) is 155 cm³/mol. The van der Waals surface area contributed by atoms with E-state index in [4.69, 9.17) is 14.2 Å². The maximum absolute atomic E-state index is 11.6. The molecule has 1 spiro atoms. The Kier molecular flexibility index (Phi) is 5.68. The molecule has 4 fully saturated rings. The number of hydrogen-bond acceptors (Lipinski definition) is 6. The molecule has 2 bridgehead atoms. The van der Waals surface area contributed by atoms with Gasteiger partial charge in [0.2, 0.25) is 5.91 Å². The van der Waals surface area contributed by atoms with Crippen LogP contribution in [0.4, 0.5) is 5.69 Å². The number of fused-ring (bicyclic) bond motifs is 2. The van der Waals surface area contributed by atoms with Crippen LogP contribution in [0.5, 0.6) is 11.5 Å². The van der Waals surface area contributed by atoms with E-state index in [0.29, 0.717) is 12.6 Å². The highest BCUT2D eigenvalue weighted by molar-refractivity contribution is 5.88. The second kappa shape index (κ2) is 8.95. The molecule has 7 nitrogen and oxygen atoms in total. The fraction of sp³-hybridized carbons (Fsp3) is 0.618. The maximum Gasteiger partial charge on any atom is 0.221 e. The van der Waals surface area contributed by atoms with Crippen molar-refractivity contribution in [3.05, 3.63) is 53.1 Å². The lowest BCUT2D eigenvalue weighted by Gasteiger charge is -2.73. The number of nitrogens with one attached hydrogen (secondary N) is 1. The second-order valence-electron chi connectivity index (χ2n) is 13.7. The molecule has 41 heavy (non-hydrogen) atoms. The van der Waals surface area contributed by atoms with E-state index in [1.54, 1.807) is 0 Å². The number of aromatic hydroxyl groups is 1. The largest absolute Gasteiger partial charge is 0.504 e. The summed E-state index contributed by atoms with van der Waals surface area (Å²) in [6.45, 7) is 6.71. The Balaban J connectivity index is 1.16. The first-order valence-electron chi connectivity index (χ1n) is 15.6. The number of likely N-dealkylation sites (tertiary alicyclic amines) is 1. The Morgan fingerprint density at radius 2 is 2.07 bits per heavy atom. The molecule has 1 saturated heterocycles. The van der Waals surface area contributed by atoms with Gasteiger partial charge in [-0.05, 0) is 85.7 Å². The molecule has 6 aliphatic rings. The molecule has 2 aliphatic heterocycles. The zero-order valence-corrected chi connectivity index (χ0v) is 24.4. The smallest absolute Gasteiger partial charge is 0.221 e. The summed E-state index contributed by atoms with van der Waals surface area (Å²) in [5.41, 5.74) is 3.95. The molecule has 1 unspecified atom stereocenters. The number of carbonyl (C=O) groups is 1. The van der Waals surface area contributed by atoms with E-state index in [1.807, 2.05) is 31.4 Å². The third-order valence-corrected chi connectivity index (χ3v) is 12.1. The Morgan fingerprint density at radius 3 is 2.83 bits per heavy atom. The Morgan fingerprint density at radius 1 is 1.22 bits per heavy atom. The first kappa shape index (κ1) is 26.1. The summed E-state index contributed by atoms with van der Waals surface area (Å²) in [5.74, 6) is 1.97. The van der Waals surface area contributed by atoms with Crippen LogP contribution in [0.25, 0.3) is 0 Å². The molecule has 2 N–H and O–H groups in total. The lowest BCUT2D eigenvalue weighted by atomic mass is 9.36. The van der Waals surface area contributed by atoms with E-state index < -0.39 is 5.60 Å². The van der Waals surface area contributed by atoms with Crippen LogP contribution >= 0.6 is 0 Å². The van der Waals surface area contributed by atoms with Crippen molar-refractivity contribution < 1.29 is 24.1 Å². The van der Waals surface area contributed by atoms with E-state index in [1.165, 1.54) is 37.4 Å². The topological polar surface area (TPSA) is 80.3 Å². The molecule has 2 aromatic carbocycles. The maximum atomic E-state index is 11.6. The second-order valence-corrected chi connectivity index (χ2v) is 13.7. The molecule has 218 valence electrons. The zero-order valence-electron chi connectivity index (χ0n) is 24.4. The number of phenolic OH excluding ortho intramolecular Hbond substituents is 1. The minimum absolute atomic E-state index is 0.0386. The highest BCUT2D eigenvalue weighted by Gasteiger charge is 2.81. The molecule has 0 aromatic heterocycles. The summed E-state index contributed by atoms with van der Waals surface area (Å²) in [7, 11) is 1.85. The van der Waals surface area contributed by atoms with Crippen LogP contribution in [-0.4, -0.2) is 60.0 Å². The van der Waals surface area contributed by atoms with Gasteiger partial charge < -0.3 is 24.6 Å². The van der Waals surface area contributed by atoms with Gasteiger partial charge >= 0.3 is 0 Å². The Labute approximate surface area is 242 Å². The minimum Gasteiger partial charge on any atom is -0.504 e. The van der Waals surface area contributed by atoms with Gasteiger partial charge in [0.1, 0.15) is 11.7 Å². The monoisotopic (exact) mass is 558 g/mol. The molecule has 1 amide bonds. The number of rotatable bonds is 8. The average molecular weight is 559 g/mol. The van der Waals surface area contributed by atoms with Gasteiger partial charge in [0, 0.05) is 55.6 Å². The van der Waals surface area contributed by atoms with E-state index in [2.05, 4.69) is 29.3 Å². The summed E-state index contributed by atoms with van der Waals surface area (Å²) in [4.78, 5) is 14.4. The van der Waals surface area contributed by atoms with Crippen LogP contribution < -0.4 is 10.1 Å². The van der Waals surface area contributed by atoms with Crippen molar-refractivity contribution in [1.82, 2.24) is 4.90 Å². The van der Waals surface area contributed by atoms with Crippen molar-refractivity contribution in [2.75, 3.05) is 25.5 Å². The quantitative estimate of drug-likeness (QED) is 0.465. The van der Waals surface area contributed by atoms with Crippen LogP contribution in [-0.2, 0) is 32.7 Å². The summed E-state index contributed by atoms with van der Waals surface area (Å²) >= 11 is 0. The van der Waals surface area contributed by atoms with Gasteiger partial charge in [-0.1, -0.05) is 25.1 Å². The first-order valence-corrected chi connectivity index (χ1v) is 15.6. The molecule has 3 saturated carbocycles. The van der Waals surface area contributed by atoms with E-state index in [9.17, 15) is 9.90 Å². The van der Waals surface area contributed by atoms with Crippen molar-refractivity contribution in [2.24, 2.45) is 17.3 Å². The molecule has 8 rings (SSSR count). The SMILES string of the molecule is CC[C@]12C[C@@H]3C(OCc4cccc(NC(C)=O)c4)C[C@]3(OC)[C@@H]3Oc4c(O)ccc5c4[C@@]31CCN(CC1CC1)[C@@H]2C5. The van der Waals surface area contributed by atoms with Crippen LogP contribution in [0.2, 0.25) is 0 Å². The number of hydrogen-bond donors (Lipinski definition) is 2. The standard InChI is InChI=1S/C34H42N2O5/c1-4-32-16-25-27(40-19-22-6-5-7-24(14-22)35-20(2)37)17-34(25,39-3)31-33(32)12-13-36(18-21-8-9-21)28(32)15-23-10-11-26(38)30(41-31)29(23)33/h5-7,10-11,14,21,25,27-28,31,38H,4,8-9,12-13,15-19H2,1-3H3,(H,35,37)/t25-,27?,28-,31-,32-,33+,34-/m1/s1. The molecule has 2 aromatic rings. The number of amides is 1. The number of nitrogens with zero attached hydrogens (tertiary/aromatic N) is 1. The Hall–Kier alpha value is -2.61. The van der Waals surface area contributed by atoms with Gasteiger partial charge in [-0.2, -0.15) is 0 Å². The van der Waals surface area contributed by atoms with Crippen LogP contribution in [0, 0.1) is 17.3 Å². The van der Waals surface area contributed by atoms with Crippen LogP contribution in [0.1, 0.15) is 69.1 Å². The number of phenols is 1. The van der Waals surface area contributed by atoms with Gasteiger partial charge in [-0.25, -0.2) is 0 Å². The van der Waals surface area contributed by atoms with Crippen molar-refractivity contribution >= 4 is 11.6 Å². The van der Waals surface area contributed by atoms with Gasteiger partial charge in [-0.3, -0.25) is 9.69 Å². The Bertz CT molecular complexity index is 1410. The van der Waals surface area contributed by atoms with Crippen molar-refractivity contribution in [3.8, 4) is 11.5 Å². The summed E-state index contributed by atoms with van der Waals surface area (Å²) in [5, 5.41) is 14.0. The first-order chi connectivity index (χ1) is 19.8. The summed E-state index contributed by atoms with van der Waals surface area (Å²) < 4.78 is 20.2. The number of piperidine rings is 1. The molecular formula is C34H42N2O5. The van der Waals surface area contributed by atoms with Gasteiger partial charge in [0.05, 0.1) is 12.7 Å². The van der Waals surface area contributed by atoms with E-state index >= 15 is 0 Å². The van der Waals surface area contributed by atoms with Crippen LogP contribution in [0.3, 0.4) is 0 Å². The fourth-order valence-electron chi connectivity index (χ4n) is 10.2. The van der Waals surface area contributed by atoms with Crippen molar-refractivity contribution in [2.45, 2.75) is 94.7 Å². The molecule has 4 aliphatic carbocycles. The van der Waals surface area contributed by atoms with E-state index in [-0.39, 0.29) is 40.6 Å². The van der Waals surface area contributed by atoms with Gasteiger partial charge in [0.25, 0.3) is 0 Å². The van der Waals surface area contributed by atoms with Crippen molar-refractivity contribution in [3.63, 3.8) is 0 Å². The van der Waals surface area contributed by atoms with Gasteiger partial charge in [0.15, 0.2) is 11.5 Å². The number of ether oxygens (including phenoxy) is 3. The number of carbonyl (C=O) groups excluding carboxylic acids is 1. The highest BCUT2D eigenvalue weighted by atomic mass is 16.6. The normalized spacial score (nSPS) is 37.9. The highest BCUT2D eigenvalue weighted by Crippen LogP contribution is 2.75. The number of anilines is 1. The molecular weight excluding hydrogens is 516 g/mol. The molecule has 7 atom stereocenters. The fourth-order valence-corrected chi connectivity index (χ4v) is 10.2. The molecule has 2 heterocycles. The average Bonchev–Trinajstić information content (AvgIpc) is 3.70. The summed E-state index contributed by atoms with van der Waals surface area (Å²) in [6, 6.07) is 12.4. The zero-order chi connectivity index (χ0) is 28.1.